The Bertz CT molecular complexity index is 403. The number of hydrogen-bond acceptors (Lipinski definition) is 2. The highest BCUT2D eigenvalue weighted by Gasteiger charge is 2.33. The summed E-state index contributed by atoms with van der Waals surface area (Å²) in [4.78, 5) is 10.4. The Balaban J connectivity index is 3.08. The van der Waals surface area contributed by atoms with Crippen LogP contribution in [0.25, 0.3) is 0 Å². The zero-order chi connectivity index (χ0) is 12.3. The molecule has 0 saturated carbocycles. The second-order valence-corrected chi connectivity index (χ2v) is 3.25. The summed E-state index contributed by atoms with van der Waals surface area (Å²) >= 11 is 5.50. The van der Waals surface area contributed by atoms with E-state index in [1.807, 2.05) is 0 Å². The molecule has 0 aliphatic carbocycles. The second-order valence-electron chi connectivity index (χ2n) is 2.85. The largest absolute Gasteiger partial charge is 0.573 e. The van der Waals surface area contributed by atoms with Crippen molar-refractivity contribution in [2.24, 2.45) is 0 Å². The molecule has 0 spiro atoms. The fourth-order valence-corrected chi connectivity index (χ4v) is 1.32. The predicted molar refractivity (Wildman–Crippen MR) is 49.5 cm³/mol. The number of para-hydroxylation sites is 1. The number of rotatable bonds is 3. The number of alkyl halides is 3. The molecule has 0 aliphatic heterocycles. The molecule has 0 saturated heterocycles. The molecule has 1 N–H and O–H groups in total. The number of aliphatic carboxylic acids is 1. The third kappa shape index (κ3) is 3.62. The first-order chi connectivity index (χ1) is 7.29. The zero-order valence-corrected chi connectivity index (χ0v) is 8.47. The number of hydrogen-bond donors (Lipinski definition) is 1. The molecule has 7 heteroatoms. The van der Waals surface area contributed by atoms with Crippen molar-refractivity contribution in [3.05, 3.63) is 28.8 Å². The Morgan fingerprint density at radius 2 is 2.06 bits per heavy atom. The van der Waals surface area contributed by atoms with Crippen LogP contribution in [0.2, 0.25) is 5.02 Å². The highest BCUT2D eigenvalue weighted by molar-refractivity contribution is 6.32. The molecular formula is C9H6ClF3O3. The number of benzene rings is 1. The smallest absolute Gasteiger partial charge is 0.481 e. The summed E-state index contributed by atoms with van der Waals surface area (Å²) in [6, 6.07) is 3.75. The van der Waals surface area contributed by atoms with Crippen LogP contribution in [-0.2, 0) is 11.2 Å². The summed E-state index contributed by atoms with van der Waals surface area (Å²) in [6.07, 6.45) is -5.50. The number of ether oxygens (including phenoxy) is 1. The Kier molecular flexibility index (Phi) is 3.64. The molecule has 0 heterocycles. The SMILES string of the molecule is O=C(O)Cc1cccc(Cl)c1OC(F)(F)F. The van der Waals surface area contributed by atoms with Gasteiger partial charge in [-0.25, -0.2) is 0 Å². The summed E-state index contributed by atoms with van der Waals surface area (Å²) in [7, 11) is 0. The van der Waals surface area contributed by atoms with Crippen molar-refractivity contribution < 1.29 is 27.8 Å². The lowest BCUT2D eigenvalue weighted by Gasteiger charge is -2.13. The average molecular weight is 255 g/mol. The minimum atomic E-state index is -4.90. The van der Waals surface area contributed by atoms with Gasteiger partial charge in [-0.15, -0.1) is 13.2 Å². The lowest BCUT2D eigenvalue weighted by atomic mass is 10.1. The quantitative estimate of drug-likeness (QED) is 0.902. The molecule has 1 aromatic carbocycles. The Morgan fingerprint density at radius 3 is 2.56 bits per heavy atom. The Hall–Kier alpha value is -1.43. The van der Waals surface area contributed by atoms with Crippen LogP contribution in [0.5, 0.6) is 5.75 Å². The minimum Gasteiger partial charge on any atom is -0.481 e. The predicted octanol–water partition coefficient (Wildman–Crippen LogP) is 2.87. The van der Waals surface area contributed by atoms with Crippen molar-refractivity contribution >= 4 is 17.6 Å². The lowest BCUT2D eigenvalue weighted by molar-refractivity contribution is -0.274. The van der Waals surface area contributed by atoms with E-state index in [0.29, 0.717) is 0 Å². The van der Waals surface area contributed by atoms with Crippen molar-refractivity contribution in [3.8, 4) is 5.75 Å². The van der Waals surface area contributed by atoms with Crippen LogP contribution in [0.3, 0.4) is 0 Å². The van der Waals surface area contributed by atoms with Gasteiger partial charge in [0.1, 0.15) is 0 Å². The normalized spacial score (nSPS) is 11.2. The maximum absolute atomic E-state index is 12.0. The van der Waals surface area contributed by atoms with Gasteiger partial charge in [0.05, 0.1) is 11.4 Å². The van der Waals surface area contributed by atoms with Crippen LogP contribution < -0.4 is 4.74 Å². The van der Waals surface area contributed by atoms with Gasteiger partial charge in [0, 0.05) is 5.56 Å². The monoisotopic (exact) mass is 254 g/mol. The fourth-order valence-electron chi connectivity index (χ4n) is 1.09. The second kappa shape index (κ2) is 4.61. The standard InChI is InChI=1S/C9H6ClF3O3/c10-6-3-1-2-5(4-7(14)15)8(6)16-9(11,12)13/h1-3H,4H2,(H,14,15). The Morgan fingerprint density at radius 1 is 1.44 bits per heavy atom. The van der Waals surface area contributed by atoms with Crippen molar-refractivity contribution in [3.63, 3.8) is 0 Å². The topological polar surface area (TPSA) is 46.5 Å². The number of carboxylic acid groups (broad SMARTS) is 1. The van der Waals surface area contributed by atoms with Gasteiger partial charge in [0.25, 0.3) is 0 Å². The fraction of sp³-hybridized carbons (Fsp3) is 0.222. The van der Waals surface area contributed by atoms with Gasteiger partial charge in [0.2, 0.25) is 0 Å². The highest BCUT2D eigenvalue weighted by atomic mass is 35.5. The van der Waals surface area contributed by atoms with Crippen LogP contribution in [0, 0.1) is 0 Å². The van der Waals surface area contributed by atoms with E-state index in [2.05, 4.69) is 4.74 Å². The molecule has 0 atom stereocenters. The van der Waals surface area contributed by atoms with Crippen molar-refractivity contribution in [2.75, 3.05) is 0 Å². The van der Waals surface area contributed by atoms with E-state index in [1.54, 1.807) is 0 Å². The minimum absolute atomic E-state index is 0.127. The van der Waals surface area contributed by atoms with Gasteiger partial charge in [-0.05, 0) is 6.07 Å². The molecule has 1 aromatic rings. The first-order valence-corrected chi connectivity index (χ1v) is 4.42. The molecule has 0 amide bonds. The van der Waals surface area contributed by atoms with Gasteiger partial charge < -0.3 is 9.84 Å². The molecule has 0 radical (unpaired) electrons. The number of halogens is 4. The van der Waals surface area contributed by atoms with Gasteiger partial charge in [-0.1, -0.05) is 23.7 Å². The summed E-state index contributed by atoms with van der Waals surface area (Å²) < 4.78 is 39.7. The molecule has 1 rings (SSSR count). The summed E-state index contributed by atoms with van der Waals surface area (Å²) in [5.41, 5.74) is -0.127. The van der Waals surface area contributed by atoms with Gasteiger partial charge in [0.15, 0.2) is 5.75 Å². The van der Waals surface area contributed by atoms with Crippen LogP contribution in [0.4, 0.5) is 13.2 Å². The van der Waals surface area contributed by atoms with Crippen LogP contribution in [0.1, 0.15) is 5.56 Å². The van der Waals surface area contributed by atoms with Gasteiger partial charge in [-0.2, -0.15) is 0 Å². The molecular weight excluding hydrogens is 249 g/mol. The van der Waals surface area contributed by atoms with Crippen LogP contribution in [-0.4, -0.2) is 17.4 Å². The Labute approximate surface area is 93.4 Å². The van der Waals surface area contributed by atoms with Gasteiger partial charge >= 0.3 is 12.3 Å². The molecule has 16 heavy (non-hydrogen) atoms. The molecule has 3 nitrogen and oxygen atoms in total. The van der Waals surface area contributed by atoms with E-state index in [4.69, 9.17) is 16.7 Å². The molecule has 0 aromatic heterocycles. The summed E-state index contributed by atoms with van der Waals surface area (Å²) in [5.74, 6) is -1.94. The van der Waals surface area contributed by atoms with Crippen LogP contribution in [0.15, 0.2) is 18.2 Å². The highest BCUT2D eigenvalue weighted by Crippen LogP contribution is 2.33. The third-order valence-electron chi connectivity index (χ3n) is 1.61. The molecule has 0 aliphatic rings. The van der Waals surface area contributed by atoms with Crippen molar-refractivity contribution in [2.45, 2.75) is 12.8 Å². The maximum atomic E-state index is 12.0. The number of carboxylic acids is 1. The van der Waals surface area contributed by atoms with E-state index in [0.717, 1.165) is 0 Å². The van der Waals surface area contributed by atoms with E-state index < -0.39 is 24.5 Å². The molecule has 88 valence electrons. The van der Waals surface area contributed by atoms with E-state index >= 15 is 0 Å². The van der Waals surface area contributed by atoms with Crippen molar-refractivity contribution in [1.29, 1.82) is 0 Å². The molecule has 0 bridgehead atoms. The van der Waals surface area contributed by atoms with E-state index in [1.165, 1.54) is 18.2 Å². The molecule has 0 fully saturated rings. The van der Waals surface area contributed by atoms with E-state index in [-0.39, 0.29) is 10.6 Å². The van der Waals surface area contributed by atoms with E-state index in [9.17, 15) is 18.0 Å². The van der Waals surface area contributed by atoms with Gasteiger partial charge in [-0.3, -0.25) is 4.79 Å². The maximum Gasteiger partial charge on any atom is 0.573 e. The first-order valence-electron chi connectivity index (χ1n) is 4.04. The third-order valence-corrected chi connectivity index (χ3v) is 1.91. The summed E-state index contributed by atoms with van der Waals surface area (Å²) in [6.45, 7) is 0. The molecule has 0 unspecified atom stereocenters. The zero-order valence-electron chi connectivity index (χ0n) is 7.71. The lowest BCUT2D eigenvalue weighted by Crippen LogP contribution is -2.19. The number of carbonyl (C=O) groups is 1. The summed E-state index contributed by atoms with van der Waals surface area (Å²) in [5, 5.41) is 8.22. The average Bonchev–Trinajstić information content (AvgIpc) is 2.08. The van der Waals surface area contributed by atoms with Crippen molar-refractivity contribution in [1.82, 2.24) is 0 Å². The first kappa shape index (κ1) is 12.6. The van der Waals surface area contributed by atoms with Crippen LogP contribution >= 0.6 is 11.6 Å².